The number of amides is 3. The molecule has 2 aliphatic rings. The minimum Gasteiger partial charge on any atom is -0.497 e. The third-order valence-electron chi connectivity index (χ3n) is 6.97. The molecule has 3 amide bonds. The highest BCUT2D eigenvalue weighted by Crippen LogP contribution is 2.53. The van der Waals surface area contributed by atoms with Crippen molar-refractivity contribution in [1.82, 2.24) is 4.57 Å². The fourth-order valence-electron chi connectivity index (χ4n) is 5.13. The lowest BCUT2D eigenvalue weighted by Crippen LogP contribution is -2.33. The Morgan fingerprint density at radius 2 is 1.65 bits per heavy atom. The molecule has 1 saturated heterocycles. The van der Waals surface area contributed by atoms with Crippen LogP contribution in [0.1, 0.15) is 16.4 Å². The zero-order chi connectivity index (χ0) is 28.0. The first-order chi connectivity index (χ1) is 19.4. The summed E-state index contributed by atoms with van der Waals surface area (Å²) >= 11 is 8.33. The van der Waals surface area contributed by atoms with Crippen molar-refractivity contribution in [3.05, 3.63) is 104 Å². The first-order valence-electron chi connectivity index (χ1n) is 12.4. The van der Waals surface area contributed by atoms with E-state index in [9.17, 15) is 19.2 Å². The van der Waals surface area contributed by atoms with Crippen LogP contribution in [0, 0.1) is 5.92 Å². The number of hydrogen-bond acceptors (Lipinski definition) is 7. The number of halogens is 1. The van der Waals surface area contributed by atoms with Crippen LogP contribution < -0.4 is 19.8 Å². The van der Waals surface area contributed by atoms with E-state index in [4.69, 9.17) is 16.3 Å². The van der Waals surface area contributed by atoms with Crippen molar-refractivity contribution in [1.29, 1.82) is 0 Å². The van der Waals surface area contributed by atoms with Gasteiger partial charge in [0.1, 0.15) is 17.5 Å². The molecule has 40 heavy (non-hydrogen) atoms. The van der Waals surface area contributed by atoms with E-state index in [2.05, 4.69) is 5.32 Å². The minimum atomic E-state index is -0.759. The van der Waals surface area contributed by atoms with Crippen molar-refractivity contribution in [2.45, 2.75) is 22.7 Å². The van der Waals surface area contributed by atoms with E-state index in [1.807, 2.05) is 18.2 Å². The number of hydrogen-bond donors (Lipinski definition) is 1. The second kappa shape index (κ2) is 10.6. The number of benzene rings is 3. The number of nitrogens with zero attached hydrogens (tertiary/aromatic N) is 2. The summed E-state index contributed by atoms with van der Waals surface area (Å²) in [5, 5.41) is 3.10. The summed E-state index contributed by atoms with van der Waals surface area (Å²) in [6.07, 6.45) is 0. The second-order valence-corrected chi connectivity index (χ2v) is 11.9. The molecule has 8 nitrogen and oxygen atoms in total. The van der Waals surface area contributed by atoms with E-state index in [-0.39, 0.29) is 23.2 Å². The van der Waals surface area contributed by atoms with Crippen LogP contribution in [-0.4, -0.2) is 34.6 Å². The fraction of sp³-hybridized carbons (Fsp3) is 0.172. The summed E-state index contributed by atoms with van der Waals surface area (Å²) < 4.78 is 6.55. The standard InChI is InChI=1S/C29H22ClN3O5S2/c1-38-20-13-11-18(12-14-20)31-21(34)15-32-28-25(40-29(32)37)22(16-7-9-17(30)10-8-16)23-24(39-28)27(36)33(26(23)35)19-5-3-2-4-6-19/h2-14,22-24H,15H2,1H3,(H,31,34). The summed E-state index contributed by atoms with van der Waals surface area (Å²) in [5.41, 5.74) is 1.83. The number of carbonyl (C=O) groups is 3. The molecule has 6 rings (SSSR count). The van der Waals surface area contributed by atoms with Crippen LogP contribution in [0.2, 0.25) is 5.02 Å². The van der Waals surface area contributed by atoms with E-state index in [0.717, 1.165) is 16.9 Å². The van der Waals surface area contributed by atoms with E-state index in [1.54, 1.807) is 67.8 Å². The van der Waals surface area contributed by atoms with Gasteiger partial charge in [0.2, 0.25) is 17.7 Å². The van der Waals surface area contributed by atoms with Gasteiger partial charge in [0.05, 0.1) is 23.7 Å². The molecule has 3 atom stereocenters. The maximum Gasteiger partial charge on any atom is 0.308 e. The van der Waals surface area contributed by atoms with E-state index >= 15 is 0 Å². The molecule has 0 radical (unpaired) electrons. The average Bonchev–Trinajstić information content (AvgIpc) is 3.40. The summed E-state index contributed by atoms with van der Waals surface area (Å²) in [5.74, 6) is -1.66. The van der Waals surface area contributed by atoms with E-state index in [0.29, 0.717) is 32.1 Å². The highest BCUT2D eigenvalue weighted by molar-refractivity contribution is 8.00. The number of aromatic nitrogens is 1. The molecular formula is C29H22ClN3O5S2. The number of thiazole rings is 1. The molecule has 1 aromatic heterocycles. The Labute approximate surface area is 242 Å². The highest BCUT2D eigenvalue weighted by atomic mass is 35.5. The number of nitrogens with one attached hydrogen (secondary N) is 1. The lowest BCUT2D eigenvalue weighted by Gasteiger charge is -2.30. The monoisotopic (exact) mass is 591 g/mol. The number of rotatable bonds is 6. The number of ether oxygens (including phenoxy) is 1. The van der Waals surface area contributed by atoms with Crippen LogP contribution >= 0.6 is 34.7 Å². The summed E-state index contributed by atoms with van der Waals surface area (Å²) in [4.78, 5) is 55.4. The molecule has 3 heterocycles. The lowest BCUT2D eigenvalue weighted by atomic mass is 9.83. The van der Waals surface area contributed by atoms with Crippen molar-refractivity contribution in [3.8, 4) is 5.75 Å². The molecule has 1 fully saturated rings. The number of methoxy groups -OCH3 is 1. The van der Waals surface area contributed by atoms with E-state index < -0.39 is 23.0 Å². The summed E-state index contributed by atoms with van der Waals surface area (Å²) in [6, 6.07) is 22.8. The number of anilines is 2. The Morgan fingerprint density at radius 3 is 2.33 bits per heavy atom. The topological polar surface area (TPSA) is 97.7 Å². The maximum atomic E-state index is 13.8. The summed E-state index contributed by atoms with van der Waals surface area (Å²) in [6.45, 7) is -0.237. The Hall–Kier alpha value is -3.86. The molecule has 0 bridgehead atoms. The van der Waals surface area contributed by atoms with Gasteiger partial charge in [-0.15, -0.1) is 0 Å². The minimum absolute atomic E-state index is 0.237. The van der Waals surface area contributed by atoms with Gasteiger partial charge in [-0.05, 0) is 54.1 Å². The third-order valence-corrected chi connectivity index (χ3v) is 9.82. The Morgan fingerprint density at radius 1 is 0.950 bits per heavy atom. The zero-order valence-electron chi connectivity index (χ0n) is 21.1. The number of thioether (sulfide) groups is 1. The van der Waals surface area contributed by atoms with Gasteiger partial charge >= 0.3 is 4.87 Å². The normalized spacial score (nSPS) is 19.8. The smallest absolute Gasteiger partial charge is 0.308 e. The van der Waals surface area contributed by atoms with Crippen molar-refractivity contribution >= 4 is 63.8 Å². The Kier molecular flexibility index (Phi) is 6.99. The molecule has 3 aromatic carbocycles. The van der Waals surface area contributed by atoms with Crippen molar-refractivity contribution in [3.63, 3.8) is 0 Å². The number of carbonyl (C=O) groups excluding carboxylic acids is 3. The second-order valence-electron chi connectivity index (χ2n) is 9.34. The first-order valence-corrected chi connectivity index (χ1v) is 14.5. The van der Waals surface area contributed by atoms with Gasteiger partial charge in [-0.1, -0.05) is 65.0 Å². The van der Waals surface area contributed by atoms with Crippen LogP contribution in [0.4, 0.5) is 11.4 Å². The van der Waals surface area contributed by atoms with Gasteiger partial charge in [0.25, 0.3) is 0 Å². The Bertz CT molecular complexity index is 1670. The predicted octanol–water partition coefficient (Wildman–Crippen LogP) is 5.01. The molecule has 0 saturated carbocycles. The fourth-order valence-corrected chi connectivity index (χ4v) is 8.03. The molecule has 3 unspecified atom stereocenters. The van der Waals surface area contributed by atoms with Crippen LogP contribution in [0.25, 0.3) is 0 Å². The zero-order valence-corrected chi connectivity index (χ0v) is 23.5. The molecular weight excluding hydrogens is 570 g/mol. The molecule has 0 spiro atoms. The van der Waals surface area contributed by atoms with Gasteiger partial charge in [0, 0.05) is 21.5 Å². The molecule has 202 valence electrons. The van der Waals surface area contributed by atoms with Crippen LogP contribution in [-0.2, 0) is 20.9 Å². The predicted molar refractivity (Wildman–Crippen MR) is 156 cm³/mol. The largest absolute Gasteiger partial charge is 0.497 e. The van der Waals surface area contributed by atoms with Crippen molar-refractivity contribution in [2.24, 2.45) is 5.92 Å². The first kappa shape index (κ1) is 26.4. The van der Waals surface area contributed by atoms with Crippen LogP contribution in [0.5, 0.6) is 5.75 Å². The van der Waals surface area contributed by atoms with Crippen molar-refractivity contribution < 1.29 is 19.1 Å². The van der Waals surface area contributed by atoms with Crippen LogP contribution in [0.3, 0.4) is 0 Å². The number of para-hydroxylation sites is 1. The number of imide groups is 1. The molecule has 2 aliphatic heterocycles. The third kappa shape index (κ3) is 4.61. The van der Waals surface area contributed by atoms with Gasteiger partial charge in [-0.3, -0.25) is 23.7 Å². The lowest BCUT2D eigenvalue weighted by molar-refractivity contribution is -0.122. The van der Waals surface area contributed by atoms with Gasteiger partial charge in [0.15, 0.2) is 0 Å². The molecule has 0 aliphatic carbocycles. The van der Waals surface area contributed by atoms with Gasteiger partial charge < -0.3 is 10.1 Å². The Balaban J connectivity index is 1.38. The SMILES string of the molecule is COc1ccc(NC(=O)Cn2c3c(sc2=O)C(c2ccc(Cl)cc2)C2C(=O)N(c4ccccc4)C(=O)C2S3)cc1. The number of fused-ring (bicyclic) bond motifs is 2. The highest BCUT2D eigenvalue weighted by Gasteiger charge is 2.56. The molecule has 4 aromatic rings. The molecule has 11 heteroatoms. The quantitative estimate of drug-likeness (QED) is 0.317. The van der Waals surface area contributed by atoms with Crippen molar-refractivity contribution in [2.75, 3.05) is 17.3 Å². The van der Waals surface area contributed by atoms with Gasteiger partial charge in [-0.25, -0.2) is 4.90 Å². The van der Waals surface area contributed by atoms with Gasteiger partial charge in [-0.2, -0.15) is 0 Å². The molecule has 1 N–H and O–H groups in total. The van der Waals surface area contributed by atoms with Crippen LogP contribution in [0.15, 0.2) is 88.7 Å². The maximum absolute atomic E-state index is 13.8. The average molecular weight is 592 g/mol. The summed E-state index contributed by atoms with van der Waals surface area (Å²) in [7, 11) is 1.56. The van der Waals surface area contributed by atoms with E-state index in [1.165, 1.54) is 21.2 Å².